The van der Waals surface area contributed by atoms with Crippen LogP contribution in [0.1, 0.15) is 44.2 Å². The van der Waals surface area contributed by atoms with Crippen LogP contribution >= 0.6 is 12.4 Å². The molecule has 2 unspecified atom stereocenters. The zero-order chi connectivity index (χ0) is 13.8. The molecule has 1 aromatic carbocycles. The van der Waals surface area contributed by atoms with Gasteiger partial charge in [0, 0.05) is 19.0 Å². The van der Waals surface area contributed by atoms with Crippen LogP contribution in [-0.2, 0) is 4.79 Å². The maximum absolute atomic E-state index is 13.0. The van der Waals surface area contributed by atoms with Crippen LogP contribution in [0.2, 0.25) is 0 Å². The van der Waals surface area contributed by atoms with E-state index in [-0.39, 0.29) is 36.2 Å². The van der Waals surface area contributed by atoms with E-state index in [9.17, 15) is 9.18 Å². The highest BCUT2D eigenvalue weighted by Crippen LogP contribution is 2.31. The molecule has 1 aliphatic heterocycles. The highest BCUT2D eigenvalue weighted by Gasteiger charge is 2.28. The third-order valence-corrected chi connectivity index (χ3v) is 3.57. The molecule has 2 atom stereocenters. The summed E-state index contributed by atoms with van der Waals surface area (Å²) in [7, 11) is 0. The number of hydrogen-bond acceptors (Lipinski definition) is 2. The van der Waals surface area contributed by atoms with Crippen LogP contribution < -0.4 is 5.73 Å². The fraction of sp³-hybridized carbons (Fsp3) is 0.533. The van der Waals surface area contributed by atoms with Crippen LogP contribution in [0, 0.1) is 5.82 Å². The molecule has 112 valence electrons. The average Bonchev–Trinajstić information content (AvgIpc) is 2.39. The minimum Gasteiger partial charge on any atom is -0.336 e. The number of benzene rings is 1. The summed E-state index contributed by atoms with van der Waals surface area (Å²) in [6.07, 6.45) is 3.44. The maximum atomic E-state index is 13.0. The number of rotatable bonds is 3. The lowest BCUT2D eigenvalue weighted by atomic mass is 9.94. The number of hydrogen-bond donors (Lipinski definition) is 1. The molecular formula is C15H22ClFN2O. The van der Waals surface area contributed by atoms with Crippen LogP contribution in [0.25, 0.3) is 0 Å². The predicted octanol–water partition coefficient (Wildman–Crippen LogP) is 3.04. The van der Waals surface area contributed by atoms with Crippen molar-refractivity contribution in [2.75, 3.05) is 6.54 Å². The Morgan fingerprint density at radius 3 is 2.65 bits per heavy atom. The summed E-state index contributed by atoms with van der Waals surface area (Å²) < 4.78 is 13.0. The number of halogens is 2. The minimum absolute atomic E-state index is 0. The van der Waals surface area contributed by atoms with Crippen molar-refractivity contribution in [3.05, 3.63) is 35.6 Å². The Morgan fingerprint density at radius 1 is 1.40 bits per heavy atom. The van der Waals surface area contributed by atoms with Crippen LogP contribution in [0.3, 0.4) is 0 Å². The minimum atomic E-state index is -0.243. The third kappa shape index (κ3) is 4.18. The van der Waals surface area contributed by atoms with Crippen molar-refractivity contribution in [1.82, 2.24) is 4.90 Å². The molecule has 0 spiro atoms. The lowest BCUT2D eigenvalue weighted by Gasteiger charge is -2.36. The molecular weight excluding hydrogens is 279 g/mol. The van der Waals surface area contributed by atoms with E-state index in [0.29, 0.717) is 6.42 Å². The van der Waals surface area contributed by atoms with Gasteiger partial charge in [-0.3, -0.25) is 4.79 Å². The van der Waals surface area contributed by atoms with Gasteiger partial charge in [-0.2, -0.15) is 0 Å². The normalized spacial score (nSPS) is 20.1. The third-order valence-electron chi connectivity index (χ3n) is 3.57. The summed E-state index contributed by atoms with van der Waals surface area (Å²) >= 11 is 0. The molecule has 0 saturated carbocycles. The average molecular weight is 301 g/mol. The fourth-order valence-electron chi connectivity index (χ4n) is 2.65. The summed E-state index contributed by atoms with van der Waals surface area (Å²) in [6.45, 7) is 2.61. The number of likely N-dealkylation sites (tertiary alicyclic amines) is 1. The Balaban J connectivity index is 0.00000200. The number of amides is 1. The Morgan fingerprint density at radius 2 is 2.05 bits per heavy atom. The molecule has 0 aliphatic carbocycles. The van der Waals surface area contributed by atoms with E-state index in [2.05, 4.69) is 0 Å². The molecule has 0 aromatic heterocycles. The summed E-state index contributed by atoms with van der Waals surface area (Å²) in [5.74, 6) is -0.142. The van der Waals surface area contributed by atoms with Crippen molar-refractivity contribution in [2.24, 2.45) is 5.73 Å². The van der Waals surface area contributed by atoms with Crippen LogP contribution in [0.5, 0.6) is 0 Å². The zero-order valence-electron chi connectivity index (χ0n) is 11.7. The molecule has 1 fully saturated rings. The van der Waals surface area contributed by atoms with Crippen molar-refractivity contribution in [3.8, 4) is 0 Å². The van der Waals surface area contributed by atoms with E-state index < -0.39 is 0 Å². The van der Waals surface area contributed by atoms with E-state index in [4.69, 9.17) is 5.73 Å². The first-order valence-electron chi connectivity index (χ1n) is 6.88. The van der Waals surface area contributed by atoms with Gasteiger partial charge in [0.2, 0.25) is 5.91 Å². The molecule has 20 heavy (non-hydrogen) atoms. The van der Waals surface area contributed by atoms with Gasteiger partial charge in [-0.15, -0.1) is 12.4 Å². The highest BCUT2D eigenvalue weighted by atomic mass is 35.5. The van der Waals surface area contributed by atoms with Crippen molar-refractivity contribution in [1.29, 1.82) is 0 Å². The Kier molecular flexibility index (Phi) is 6.43. The summed E-state index contributed by atoms with van der Waals surface area (Å²) in [5, 5.41) is 0. The SMILES string of the molecule is CC(N)CC(=O)N1CCCCC1c1ccc(F)cc1.Cl. The standard InChI is InChI=1S/C15H21FN2O.ClH/c1-11(17)10-15(19)18-9-3-2-4-14(18)12-5-7-13(16)8-6-12;/h5-8,11,14H,2-4,9-10,17H2,1H3;1H. The first-order chi connectivity index (χ1) is 9.08. The number of piperidine rings is 1. The monoisotopic (exact) mass is 300 g/mol. The largest absolute Gasteiger partial charge is 0.336 e. The number of nitrogens with two attached hydrogens (primary N) is 1. The van der Waals surface area contributed by atoms with E-state index in [1.807, 2.05) is 11.8 Å². The molecule has 5 heteroatoms. The quantitative estimate of drug-likeness (QED) is 0.932. The van der Waals surface area contributed by atoms with Gasteiger partial charge in [-0.05, 0) is 43.9 Å². The van der Waals surface area contributed by atoms with E-state index in [1.54, 1.807) is 12.1 Å². The van der Waals surface area contributed by atoms with Gasteiger partial charge in [0.15, 0.2) is 0 Å². The second-order valence-electron chi connectivity index (χ2n) is 5.33. The first kappa shape index (κ1) is 16.9. The molecule has 1 aromatic rings. The smallest absolute Gasteiger partial charge is 0.224 e. The topological polar surface area (TPSA) is 46.3 Å². The number of carbonyl (C=O) groups excluding carboxylic acids is 1. The van der Waals surface area contributed by atoms with E-state index in [1.165, 1.54) is 12.1 Å². The summed E-state index contributed by atoms with van der Waals surface area (Å²) in [4.78, 5) is 14.1. The molecule has 1 saturated heterocycles. The molecule has 1 aliphatic rings. The Bertz CT molecular complexity index is 436. The van der Waals surface area contributed by atoms with E-state index in [0.717, 1.165) is 31.4 Å². The van der Waals surface area contributed by atoms with Gasteiger partial charge in [-0.25, -0.2) is 4.39 Å². The van der Waals surface area contributed by atoms with Gasteiger partial charge < -0.3 is 10.6 Å². The van der Waals surface area contributed by atoms with Crippen molar-refractivity contribution < 1.29 is 9.18 Å². The fourth-order valence-corrected chi connectivity index (χ4v) is 2.65. The molecule has 2 rings (SSSR count). The Hall–Kier alpha value is -1.13. The van der Waals surface area contributed by atoms with Crippen LogP contribution in [0.4, 0.5) is 4.39 Å². The number of nitrogens with zero attached hydrogens (tertiary/aromatic N) is 1. The van der Waals surface area contributed by atoms with Gasteiger partial charge in [0.05, 0.1) is 6.04 Å². The van der Waals surface area contributed by atoms with Crippen LogP contribution in [0.15, 0.2) is 24.3 Å². The molecule has 1 heterocycles. The van der Waals surface area contributed by atoms with Gasteiger partial charge in [-0.1, -0.05) is 12.1 Å². The van der Waals surface area contributed by atoms with Gasteiger partial charge >= 0.3 is 0 Å². The molecule has 0 radical (unpaired) electrons. The highest BCUT2D eigenvalue weighted by molar-refractivity contribution is 5.85. The predicted molar refractivity (Wildman–Crippen MR) is 80.2 cm³/mol. The van der Waals surface area contributed by atoms with Crippen LogP contribution in [-0.4, -0.2) is 23.4 Å². The lowest BCUT2D eigenvalue weighted by molar-refractivity contribution is -0.135. The second kappa shape index (κ2) is 7.60. The molecule has 2 N–H and O–H groups in total. The molecule has 0 bridgehead atoms. The maximum Gasteiger partial charge on any atom is 0.224 e. The molecule has 1 amide bonds. The summed E-state index contributed by atoms with van der Waals surface area (Å²) in [6, 6.07) is 6.41. The van der Waals surface area contributed by atoms with Crippen molar-refractivity contribution in [3.63, 3.8) is 0 Å². The summed E-state index contributed by atoms with van der Waals surface area (Å²) in [5.41, 5.74) is 6.72. The second-order valence-corrected chi connectivity index (χ2v) is 5.33. The van der Waals surface area contributed by atoms with Gasteiger partial charge in [0.1, 0.15) is 5.82 Å². The lowest BCUT2D eigenvalue weighted by Crippen LogP contribution is -2.40. The van der Waals surface area contributed by atoms with Crippen molar-refractivity contribution in [2.45, 2.75) is 44.7 Å². The first-order valence-corrected chi connectivity index (χ1v) is 6.88. The van der Waals surface area contributed by atoms with Gasteiger partial charge in [0.25, 0.3) is 0 Å². The number of carbonyl (C=O) groups is 1. The zero-order valence-corrected chi connectivity index (χ0v) is 12.5. The molecule has 3 nitrogen and oxygen atoms in total. The van der Waals surface area contributed by atoms with E-state index >= 15 is 0 Å². The van der Waals surface area contributed by atoms with Crippen molar-refractivity contribution >= 4 is 18.3 Å². The Labute approximate surface area is 125 Å².